The Balaban J connectivity index is 1.09. The summed E-state index contributed by atoms with van der Waals surface area (Å²) >= 11 is 0. The quantitative estimate of drug-likeness (QED) is 0.208. The molecule has 6 bridgehead atoms. The standard InChI is InChI=1S/C38H56O9/c1-6-34(3,33(42)47-36(5)9-7-8-10-36)20-35(4,32(41)45-28-13-25-12-26(28)27-19-44-31(40)29(25)27)14-22(2)30(39)46-38-17-23-11-24(18-38)16-37(43,15-23)21-38/h22-29,43H,6-21H2,1-5H3. The van der Waals surface area contributed by atoms with E-state index in [2.05, 4.69) is 0 Å². The molecule has 9 nitrogen and oxygen atoms in total. The highest BCUT2D eigenvalue weighted by molar-refractivity contribution is 5.82. The van der Waals surface area contributed by atoms with E-state index < -0.39 is 39.5 Å². The lowest BCUT2D eigenvalue weighted by Gasteiger charge is -2.59. The molecule has 0 aromatic heterocycles. The van der Waals surface area contributed by atoms with Crippen molar-refractivity contribution in [1.82, 2.24) is 0 Å². The number of rotatable bonds is 11. The molecule has 8 rings (SSSR count). The summed E-state index contributed by atoms with van der Waals surface area (Å²) in [5.41, 5.74) is -4.01. The fourth-order valence-electron chi connectivity index (χ4n) is 12.0. The fourth-order valence-corrected chi connectivity index (χ4v) is 12.0. The molecule has 7 saturated carbocycles. The third kappa shape index (κ3) is 5.92. The van der Waals surface area contributed by atoms with Crippen molar-refractivity contribution in [2.24, 2.45) is 52.3 Å². The molecule has 1 heterocycles. The Bertz CT molecular complexity index is 1290. The Morgan fingerprint density at radius 3 is 2.28 bits per heavy atom. The Labute approximate surface area is 279 Å². The highest BCUT2D eigenvalue weighted by atomic mass is 16.6. The number of carbonyl (C=O) groups is 4. The lowest BCUT2D eigenvalue weighted by atomic mass is 9.52. The summed E-state index contributed by atoms with van der Waals surface area (Å²) in [5, 5.41) is 11.2. The molecule has 1 N–H and O–H groups in total. The smallest absolute Gasteiger partial charge is 0.312 e. The summed E-state index contributed by atoms with van der Waals surface area (Å²) in [6.07, 6.45) is 10.5. The van der Waals surface area contributed by atoms with E-state index in [1.807, 2.05) is 34.6 Å². The third-order valence-electron chi connectivity index (χ3n) is 14.1. The molecule has 1 aliphatic heterocycles. The second kappa shape index (κ2) is 11.4. The highest BCUT2D eigenvalue weighted by Gasteiger charge is 2.62. The van der Waals surface area contributed by atoms with Crippen LogP contribution in [0.5, 0.6) is 0 Å². The number of ether oxygens (including phenoxy) is 4. The maximum absolute atomic E-state index is 14.4. The van der Waals surface area contributed by atoms with E-state index >= 15 is 0 Å². The van der Waals surface area contributed by atoms with Gasteiger partial charge in [-0.15, -0.1) is 0 Å². The van der Waals surface area contributed by atoms with Gasteiger partial charge in [0, 0.05) is 18.3 Å². The van der Waals surface area contributed by atoms with Crippen LogP contribution in [0.3, 0.4) is 0 Å². The number of fused-ring (bicyclic) bond motifs is 5. The van der Waals surface area contributed by atoms with Crippen molar-refractivity contribution in [1.29, 1.82) is 0 Å². The molecule has 0 radical (unpaired) electrons. The minimum Gasteiger partial charge on any atom is -0.465 e. The molecule has 1 saturated heterocycles. The van der Waals surface area contributed by atoms with Gasteiger partial charge in [0.15, 0.2) is 0 Å². The van der Waals surface area contributed by atoms with Crippen LogP contribution in [-0.2, 0) is 38.1 Å². The van der Waals surface area contributed by atoms with Gasteiger partial charge in [0.25, 0.3) is 0 Å². The van der Waals surface area contributed by atoms with Crippen molar-refractivity contribution in [3.63, 3.8) is 0 Å². The molecule has 10 atom stereocenters. The first-order chi connectivity index (χ1) is 22.1. The SMILES string of the molecule is CCC(C)(CC(C)(CC(C)C(=O)OC12CC3CC(CC(O)(C3)C1)C2)C(=O)OC1CC2CC1C1COC(=O)C21)C(=O)OC1(C)CCCC1. The van der Waals surface area contributed by atoms with Gasteiger partial charge in [-0.05, 0) is 128 Å². The van der Waals surface area contributed by atoms with Gasteiger partial charge in [0.2, 0.25) is 0 Å². The van der Waals surface area contributed by atoms with Crippen LogP contribution in [0, 0.1) is 52.3 Å². The maximum atomic E-state index is 14.4. The van der Waals surface area contributed by atoms with Crippen LogP contribution in [0.15, 0.2) is 0 Å². The Morgan fingerprint density at radius 1 is 0.957 bits per heavy atom. The average molecular weight is 657 g/mol. The van der Waals surface area contributed by atoms with Crippen LogP contribution in [0.4, 0.5) is 0 Å². The zero-order chi connectivity index (χ0) is 33.6. The molecule has 10 unspecified atom stereocenters. The van der Waals surface area contributed by atoms with Crippen LogP contribution in [-0.4, -0.2) is 58.5 Å². The first-order valence-electron chi connectivity index (χ1n) is 18.6. The van der Waals surface area contributed by atoms with Crippen LogP contribution in [0.2, 0.25) is 0 Å². The molecule has 47 heavy (non-hydrogen) atoms. The van der Waals surface area contributed by atoms with Crippen molar-refractivity contribution in [3.05, 3.63) is 0 Å². The number of cyclic esters (lactones) is 1. The van der Waals surface area contributed by atoms with E-state index in [1.165, 1.54) is 0 Å². The predicted molar refractivity (Wildman–Crippen MR) is 170 cm³/mol. The second-order valence-corrected chi connectivity index (χ2v) is 18.3. The van der Waals surface area contributed by atoms with Gasteiger partial charge in [0.1, 0.15) is 17.3 Å². The Morgan fingerprint density at radius 2 is 1.64 bits per heavy atom. The first-order valence-corrected chi connectivity index (χ1v) is 18.6. The summed E-state index contributed by atoms with van der Waals surface area (Å²) < 4.78 is 24.3. The van der Waals surface area contributed by atoms with Crippen molar-refractivity contribution in [2.75, 3.05) is 6.61 Å². The van der Waals surface area contributed by atoms with Gasteiger partial charge in [0.05, 0.1) is 34.9 Å². The van der Waals surface area contributed by atoms with Gasteiger partial charge in [-0.1, -0.05) is 13.8 Å². The number of hydrogen-bond donors (Lipinski definition) is 1. The van der Waals surface area contributed by atoms with Gasteiger partial charge < -0.3 is 24.1 Å². The molecule has 262 valence electrons. The summed E-state index contributed by atoms with van der Waals surface area (Å²) in [7, 11) is 0. The van der Waals surface area contributed by atoms with Crippen LogP contribution >= 0.6 is 0 Å². The topological polar surface area (TPSA) is 125 Å². The van der Waals surface area contributed by atoms with Crippen molar-refractivity contribution >= 4 is 23.9 Å². The number of carbonyl (C=O) groups excluding carboxylic acids is 4. The molecule has 7 aliphatic carbocycles. The molecule has 0 aromatic rings. The molecule has 0 amide bonds. The van der Waals surface area contributed by atoms with Crippen molar-refractivity contribution in [2.45, 2.75) is 154 Å². The monoisotopic (exact) mass is 656 g/mol. The molecular formula is C38H56O9. The van der Waals surface area contributed by atoms with Crippen LogP contribution in [0.1, 0.15) is 131 Å². The number of aliphatic hydroxyl groups is 1. The van der Waals surface area contributed by atoms with Gasteiger partial charge >= 0.3 is 23.9 Å². The minimum absolute atomic E-state index is 0.0809. The van der Waals surface area contributed by atoms with Gasteiger partial charge in [-0.3, -0.25) is 19.2 Å². The largest absolute Gasteiger partial charge is 0.465 e. The van der Waals surface area contributed by atoms with Gasteiger partial charge in [-0.25, -0.2) is 0 Å². The van der Waals surface area contributed by atoms with Crippen molar-refractivity contribution < 1.29 is 43.2 Å². The predicted octanol–water partition coefficient (Wildman–Crippen LogP) is 6.07. The number of esters is 4. The van der Waals surface area contributed by atoms with Crippen LogP contribution < -0.4 is 0 Å². The van der Waals surface area contributed by atoms with E-state index in [0.717, 1.165) is 64.2 Å². The first kappa shape index (κ1) is 33.3. The zero-order valence-electron chi connectivity index (χ0n) is 29.1. The van der Waals surface area contributed by atoms with E-state index in [9.17, 15) is 24.3 Å². The fraction of sp³-hybridized carbons (Fsp3) is 0.895. The summed E-state index contributed by atoms with van der Waals surface area (Å²) in [6, 6.07) is 0. The van der Waals surface area contributed by atoms with Crippen molar-refractivity contribution in [3.8, 4) is 0 Å². The van der Waals surface area contributed by atoms with E-state index in [4.69, 9.17) is 18.9 Å². The Kier molecular flexibility index (Phi) is 8.12. The second-order valence-electron chi connectivity index (χ2n) is 18.3. The Hall–Kier alpha value is -2.16. The molecule has 8 fully saturated rings. The zero-order valence-corrected chi connectivity index (χ0v) is 29.1. The number of hydrogen-bond acceptors (Lipinski definition) is 9. The molecular weight excluding hydrogens is 600 g/mol. The van der Waals surface area contributed by atoms with E-state index in [1.54, 1.807) is 0 Å². The van der Waals surface area contributed by atoms with E-state index in [-0.39, 0.29) is 60.5 Å². The molecule has 0 spiro atoms. The maximum Gasteiger partial charge on any atom is 0.312 e. The minimum atomic E-state index is -1.16. The summed E-state index contributed by atoms with van der Waals surface area (Å²) in [5.74, 6) is -0.799. The molecule has 8 aliphatic rings. The third-order valence-corrected chi connectivity index (χ3v) is 14.1. The lowest BCUT2D eigenvalue weighted by Crippen LogP contribution is -2.60. The van der Waals surface area contributed by atoms with E-state index in [0.29, 0.717) is 37.7 Å². The lowest BCUT2D eigenvalue weighted by molar-refractivity contribution is -0.222. The molecule has 9 heteroatoms. The normalized spacial score (nSPS) is 42.3. The molecule has 0 aromatic carbocycles. The highest BCUT2D eigenvalue weighted by Crippen LogP contribution is 2.60. The summed E-state index contributed by atoms with van der Waals surface area (Å²) in [6.45, 7) is 9.86. The van der Waals surface area contributed by atoms with Gasteiger partial charge in [-0.2, -0.15) is 0 Å². The average Bonchev–Trinajstić information content (AvgIpc) is 3.75. The summed E-state index contributed by atoms with van der Waals surface area (Å²) in [4.78, 5) is 54.5. The van der Waals surface area contributed by atoms with Crippen LogP contribution in [0.25, 0.3) is 0 Å².